The van der Waals surface area contributed by atoms with Gasteiger partial charge in [0.2, 0.25) is 0 Å². The van der Waals surface area contributed by atoms with Crippen LogP contribution in [-0.4, -0.2) is 10.5 Å². The van der Waals surface area contributed by atoms with Crippen molar-refractivity contribution in [2.75, 3.05) is 0 Å². The number of rotatable bonds is 2. The van der Waals surface area contributed by atoms with Gasteiger partial charge >= 0.3 is 0 Å². The average Bonchev–Trinajstić information content (AvgIpc) is 3.25. The second-order valence-corrected chi connectivity index (χ2v) is 12.4. The monoisotopic (exact) mass is 450 g/mol. The molecule has 0 amide bonds. The van der Waals surface area contributed by atoms with Crippen LogP contribution in [0.1, 0.15) is 50.0 Å². The number of allylic oxidation sites excluding steroid dienone is 11. The van der Waals surface area contributed by atoms with Gasteiger partial charge in [0, 0.05) is 22.3 Å². The maximum Gasteiger partial charge on any atom is 0.0298 e. The Morgan fingerprint density at radius 1 is 0.848 bits per heavy atom. The van der Waals surface area contributed by atoms with Crippen LogP contribution in [0.5, 0.6) is 0 Å². The standard InChI is InChI=1S/C32H34S/c1-2-10-21(11-3-1)31-24-13-4-6-15-26(24)32(27-16-7-5-14-25(27)31)22-18-19-30-28(20-22)23-12-8-9-17-29(23)33-30/h1-4,6,8-13,15-17,22-25,28-31H,5,7,14,18-20H2. The molecule has 1 aromatic carbocycles. The van der Waals surface area contributed by atoms with Gasteiger partial charge in [-0.1, -0.05) is 85.0 Å². The predicted molar refractivity (Wildman–Crippen MR) is 141 cm³/mol. The van der Waals surface area contributed by atoms with Gasteiger partial charge in [0.1, 0.15) is 0 Å². The Bertz CT molecular complexity index is 1100. The zero-order valence-corrected chi connectivity index (χ0v) is 20.2. The maximum atomic E-state index is 2.66. The lowest BCUT2D eigenvalue weighted by Gasteiger charge is -2.47. The number of hydrogen-bond acceptors (Lipinski definition) is 1. The van der Waals surface area contributed by atoms with Crippen LogP contribution in [0.15, 0.2) is 102 Å². The molecule has 0 bridgehead atoms. The fourth-order valence-corrected chi connectivity index (χ4v) is 9.90. The third-order valence-corrected chi connectivity index (χ3v) is 11.1. The molecule has 7 rings (SSSR count). The van der Waals surface area contributed by atoms with E-state index in [1.807, 2.05) is 0 Å². The zero-order chi connectivity index (χ0) is 21.8. The lowest BCUT2D eigenvalue weighted by atomic mass is 9.57. The van der Waals surface area contributed by atoms with E-state index >= 15 is 0 Å². The highest BCUT2D eigenvalue weighted by Crippen LogP contribution is 2.59. The van der Waals surface area contributed by atoms with E-state index in [-0.39, 0.29) is 0 Å². The zero-order valence-electron chi connectivity index (χ0n) is 19.4. The number of hydrogen-bond donors (Lipinski definition) is 0. The minimum atomic E-state index is 0.536. The van der Waals surface area contributed by atoms with Crippen molar-refractivity contribution in [2.45, 2.75) is 54.9 Å². The van der Waals surface area contributed by atoms with Crippen LogP contribution in [0.4, 0.5) is 0 Å². The van der Waals surface area contributed by atoms with Gasteiger partial charge in [-0.05, 0) is 84.5 Å². The maximum absolute atomic E-state index is 2.66. The van der Waals surface area contributed by atoms with E-state index in [0.717, 1.165) is 28.3 Å². The summed E-state index contributed by atoms with van der Waals surface area (Å²) >= 11 is 2.28. The largest absolute Gasteiger partial charge is 0.150 e. The molecule has 2 fully saturated rings. The Labute approximate surface area is 203 Å². The summed E-state index contributed by atoms with van der Waals surface area (Å²) in [6.45, 7) is 0. The molecule has 1 aliphatic heterocycles. The quantitative estimate of drug-likeness (QED) is 0.437. The van der Waals surface area contributed by atoms with Crippen LogP contribution in [0.25, 0.3) is 0 Å². The average molecular weight is 451 g/mol. The molecule has 0 radical (unpaired) electrons. The van der Waals surface area contributed by atoms with Crippen molar-refractivity contribution < 1.29 is 0 Å². The van der Waals surface area contributed by atoms with E-state index in [1.54, 1.807) is 16.7 Å². The molecule has 1 aromatic rings. The summed E-state index contributed by atoms with van der Waals surface area (Å²) in [7, 11) is 0. The minimum absolute atomic E-state index is 0.536. The van der Waals surface area contributed by atoms with Gasteiger partial charge in [0.25, 0.3) is 0 Å². The first-order valence-electron chi connectivity index (χ1n) is 13.2. The molecule has 0 N–H and O–H groups in total. The molecule has 1 heterocycles. The molecular formula is C32H34S. The fraction of sp³-hybridized carbons (Fsp3) is 0.438. The smallest absolute Gasteiger partial charge is 0.0298 e. The summed E-state index contributed by atoms with van der Waals surface area (Å²) in [5, 5.41) is 1.59. The van der Waals surface area contributed by atoms with E-state index in [4.69, 9.17) is 0 Å². The van der Waals surface area contributed by atoms with E-state index in [0.29, 0.717) is 17.8 Å². The van der Waals surface area contributed by atoms with Gasteiger partial charge in [-0.15, -0.1) is 0 Å². The molecule has 1 heteroatoms. The van der Waals surface area contributed by atoms with Crippen LogP contribution in [0.3, 0.4) is 0 Å². The second-order valence-electron chi connectivity index (χ2n) is 10.9. The van der Waals surface area contributed by atoms with Crippen LogP contribution < -0.4 is 0 Å². The van der Waals surface area contributed by atoms with E-state index < -0.39 is 0 Å². The highest BCUT2D eigenvalue weighted by atomic mass is 32.2. The normalized spacial score (nSPS) is 40.7. The van der Waals surface area contributed by atoms with Crippen LogP contribution in [0, 0.1) is 29.6 Å². The summed E-state index contributed by atoms with van der Waals surface area (Å²) in [5.74, 6) is 4.15. The van der Waals surface area contributed by atoms with E-state index in [9.17, 15) is 0 Å². The molecule has 8 atom stereocenters. The molecule has 8 unspecified atom stereocenters. The van der Waals surface area contributed by atoms with Gasteiger partial charge in [-0.2, -0.15) is 11.8 Å². The predicted octanol–water partition coefficient (Wildman–Crippen LogP) is 8.19. The highest BCUT2D eigenvalue weighted by Gasteiger charge is 2.48. The Kier molecular flexibility index (Phi) is 5.16. The molecular weight excluding hydrogens is 416 g/mol. The van der Waals surface area contributed by atoms with E-state index in [1.165, 1.54) is 44.1 Å². The fourth-order valence-electron chi connectivity index (χ4n) is 8.07. The molecule has 0 spiro atoms. The van der Waals surface area contributed by atoms with E-state index in [2.05, 4.69) is 96.8 Å². The first-order chi connectivity index (χ1) is 16.4. The first kappa shape index (κ1) is 20.4. The second kappa shape index (κ2) is 8.35. The van der Waals surface area contributed by atoms with Crippen molar-refractivity contribution in [3.05, 3.63) is 107 Å². The van der Waals surface area contributed by atoms with Crippen LogP contribution in [0.2, 0.25) is 0 Å². The number of thioether (sulfide) groups is 1. The topological polar surface area (TPSA) is 0 Å². The summed E-state index contributed by atoms with van der Waals surface area (Å²) in [6, 6.07) is 11.4. The minimum Gasteiger partial charge on any atom is -0.150 e. The molecule has 0 aromatic heterocycles. The molecule has 6 aliphatic rings. The van der Waals surface area contributed by atoms with Gasteiger partial charge in [0.05, 0.1) is 0 Å². The lowest BCUT2D eigenvalue weighted by Crippen LogP contribution is -2.36. The third-order valence-electron chi connectivity index (χ3n) is 9.37. The molecule has 1 saturated carbocycles. The van der Waals surface area contributed by atoms with Crippen molar-refractivity contribution in [3.8, 4) is 0 Å². The molecule has 33 heavy (non-hydrogen) atoms. The Morgan fingerprint density at radius 2 is 1.73 bits per heavy atom. The van der Waals surface area contributed by atoms with Crippen molar-refractivity contribution in [3.63, 3.8) is 0 Å². The van der Waals surface area contributed by atoms with Gasteiger partial charge in [-0.3, -0.25) is 0 Å². The summed E-state index contributed by atoms with van der Waals surface area (Å²) in [5.41, 5.74) is 6.71. The van der Waals surface area contributed by atoms with Crippen molar-refractivity contribution in [1.29, 1.82) is 0 Å². The van der Waals surface area contributed by atoms with Crippen LogP contribution in [-0.2, 0) is 0 Å². The Balaban J connectivity index is 1.30. The van der Waals surface area contributed by atoms with Gasteiger partial charge in [0.15, 0.2) is 0 Å². The number of fused-ring (bicyclic) bond motifs is 5. The Morgan fingerprint density at radius 3 is 2.67 bits per heavy atom. The molecule has 0 nitrogen and oxygen atoms in total. The SMILES string of the molecule is C1=CC2=C(C3CCC4SC5C=CC=CC5C4C3)C3=CCCCC3C(c3ccccc3)C2C=C1. The van der Waals surface area contributed by atoms with Crippen LogP contribution >= 0.6 is 11.8 Å². The molecule has 1 saturated heterocycles. The first-order valence-corrected chi connectivity index (χ1v) is 14.2. The molecule has 5 aliphatic carbocycles. The number of benzene rings is 1. The van der Waals surface area contributed by atoms with Gasteiger partial charge < -0.3 is 0 Å². The summed E-state index contributed by atoms with van der Waals surface area (Å²) in [6.07, 6.45) is 30.0. The van der Waals surface area contributed by atoms with Crippen molar-refractivity contribution in [2.24, 2.45) is 29.6 Å². The third kappa shape index (κ3) is 3.34. The lowest BCUT2D eigenvalue weighted by molar-refractivity contribution is 0.258. The highest BCUT2D eigenvalue weighted by molar-refractivity contribution is 8.01. The molecule has 168 valence electrons. The Hall–Kier alpha value is -1.99. The summed E-state index contributed by atoms with van der Waals surface area (Å²) in [4.78, 5) is 0. The van der Waals surface area contributed by atoms with Crippen molar-refractivity contribution in [1.82, 2.24) is 0 Å². The summed E-state index contributed by atoms with van der Waals surface area (Å²) < 4.78 is 0. The van der Waals surface area contributed by atoms with Crippen molar-refractivity contribution >= 4 is 11.8 Å². The van der Waals surface area contributed by atoms with Gasteiger partial charge in [-0.25, -0.2) is 0 Å².